The fraction of sp³-hybridized carbons (Fsp3) is 0.488. The number of fused-ring (bicyclic) bond motifs is 6. The van der Waals surface area contributed by atoms with Crippen LogP contribution in [0.1, 0.15) is 63.5 Å². The number of esters is 1. The summed E-state index contributed by atoms with van der Waals surface area (Å²) in [6.07, 6.45) is 3.01. The second-order valence-electron chi connectivity index (χ2n) is 15.8. The van der Waals surface area contributed by atoms with Gasteiger partial charge in [0.15, 0.2) is 0 Å². The van der Waals surface area contributed by atoms with Gasteiger partial charge in [-0.2, -0.15) is 0 Å². The Morgan fingerprint density at radius 3 is 2.65 bits per heavy atom. The van der Waals surface area contributed by atoms with Crippen LogP contribution in [0.2, 0.25) is 0 Å². The average molecular weight is 775 g/mol. The van der Waals surface area contributed by atoms with Gasteiger partial charge in [0.05, 0.1) is 29.9 Å². The minimum Gasteiger partial charge on any atom is -0.508 e. The first-order chi connectivity index (χ1) is 26.1. The third kappa shape index (κ3) is 9.05. The second-order valence-corrected chi connectivity index (χ2v) is 17.6. The van der Waals surface area contributed by atoms with Crippen LogP contribution in [0.15, 0.2) is 54.7 Å². The number of cyclic esters (lactones) is 1. The van der Waals surface area contributed by atoms with Crippen LogP contribution in [-0.4, -0.2) is 104 Å². The smallest absolute Gasteiger partial charge is 0.324 e. The third-order valence-electron chi connectivity index (χ3n) is 10.5. The van der Waals surface area contributed by atoms with Crippen molar-refractivity contribution in [3.63, 3.8) is 0 Å². The third-order valence-corrected chi connectivity index (χ3v) is 11.9. The summed E-state index contributed by atoms with van der Waals surface area (Å²) in [6, 6.07) is 13.3. The predicted octanol–water partition coefficient (Wildman–Crippen LogP) is 4.82. The molecular formula is C41H54N6O7S. The summed E-state index contributed by atoms with van der Waals surface area (Å²) in [7, 11) is 1.33. The Morgan fingerprint density at radius 2 is 1.93 bits per heavy atom. The lowest BCUT2D eigenvalue weighted by atomic mass is 9.84. The molecule has 1 unspecified atom stereocenters. The van der Waals surface area contributed by atoms with Crippen molar-refractivity contribution in [2.75, 3.05) is 46.7 Å². The maximum Gasteiger partial charge on any atom is 0.324 e. The fourth-order valence-corrected chi connectivity index (χ4v) is 8.97. The van der Waals surface area contributed by atoms with Crippen molar-refractivity contribution in [1.82, 2.24) is 29.6 Å². The van der Waals surface area contributed by atoms with Gasteiger partial charge in [0.2, 0.25) is 10.0 Å². The Kier molecular flexibility index (Phi) is 12.0. The number of sulfonamides is 1. The number of ether oxygens (including phenoxy) is 2. The van der Waals surface area contributed by atoms with Crippen molar-refractivity contribution in [3.8, 4) is 28.1 Å². The lowest BCUT2D eigenvalue weighted by Crippen LogP contribution is -2.60. The number of aryl methyl sites for hydroxylation is 1. The van der Waals surface area contributed by atoms with Crippen molar-refractivity contribution in [3.05, 3.63) is 71.5 Å². The van der Waals surface area contributed by atoms with E-state index in [4.69, 9.17) is 14.5 Å². The average Bonchev–Trinajstić information content (AvgIpc) is 3.46. The Hall–Kier alpha value is -4.34. The number of carbonyl (C=O) groups is 2. The topological polar surface area (TPSA) is 155 Å². The zero-order valence-corrected chi connectivity index (χ0v) is 33.7. The number of hydrogen-bond acceptors (Lipinski definition) is 10. The highest BCUT2D eigenvalue weighted by Gasteiger charge is 2.36. The quantitative estimate of drug-likeness (QED) is 0.202. The molecule has 6 rings (SSSR count). The van der Waals surface area contributed by atoms with Crippen LogP contribution in [0.4, 0.5) is 0 Å². The van der Waals surface area contributed by atoms with Crippen molar-refractivity contribution >= 4 is 32.8 Å². The molecule has 3 atom stereocenters. The Morgan fingerprint density at radius 1 is 1.15 bits per heavy atom. The first kappa shape index (κ1) is 40.3. The number of amides is 1. The van der Waals surface area contributed by atoms with Crippen LogP contribution in [-0.2, 0) is 48.5 Å². The summed E-state index contributed by atoms with van der Waals surface area (Å²) in [5.74, 6) is -1.21. The summed E-state index contributed by atoms with van der Waals surface area (Å²) >= 11 is 0. The van der Waals surface area contributed by atoms with Crippen LogP contribution >= 0.6 is 0 Å². The number of nitrogens with zero attached hydrogens (tertiary/aromatic N) is 4. The lowest BCUT2D eigenvalue weighted by Gasteiger charge is -2.35. The molecule has 13 nitrogen and oxygen atoms in total. The molecule has 0 saturated carbocycles. The van der Waals surface area contributed by atoms with Crippen LogP contribution in [0.3, 0.4) is 0 Å². The minimum atomic E-state index is -3.90. The van der Waals surface area contributed by atoms with Gasteiger partial charge in [0.1, 0.15) is 17.8 Å². The summed E-state index contributed by atoms with van der Waals surface area (Å²) in [4.78, 5) is 34.3. The molecule has 6 bridgehead atoms. The Bertz CT molecular complexity index is 2170. The normalized spacial score (nSPS) is 20.0. The summed E-state index contributed by atoms with van der Waals surface area (Å²) in [5.41, 5.74) is 9.52. The number of hydrogen-bond donors (Lipinski definition) is 3. The van der Waals surface area contributed by atoms with Gasteiger partial charge >= 0.3 is 5.97 Å². The van der Waals surface area contributed by atoms with Crippen molar-refractivity contribution in [2.45, 2.75) is 78.1 Å². The number of rotatable bonds is 9. The molecule has 0 radical (unpaired) electrons. The predicted molar refractivity (Wildman–Crippen MR) is 213 cm³/mol. The number of aromatic nitrogens is 2. The van der Waals surface area contributed by atoms with Crippen molar-refractivity contribution in [2.24, 2.45) is 5.41 Å². The zero-order chi connectivity index (χ0) is 39.7. The van der Waals surface area contributed by atoms with E-state index < -0.39 is 39.4 Å². The molecule has 2 aromatic carbocycles. The molecule has 2 aromatic heterocycles. The number of carbonyl (C=O) groups excluding carboxylic acids is 2. The number of aromatic hydroxyl groups is 1. The van der Waals surface area contributed by atoms with E-state index in [9.17, 15) is 23.1 Å². The minimum absolute atomic E-state index is 0.00991. The van der Waals surface area contributed by atoms with Crippen LogP contribution < -0.4 is 10.1 Å². The van der Waals surface area contributed by atoms with Crippen molar-refractivity contribution in [1.29, 1.82) is 0 Å². The van der Waals surface area contributed by atoms with E-state index in [2.05, 4.69) is 53.7 Å². The summed E-state index contributed by atoms with van der Waals surface area (Å²) in [6.45, 7) is 9.58. The number of benzene rings is 2. The van der Waals surface area contributed by atoms with Gasteiger partial charge in [-0.25, -0.2) is 18.6 Å². The standard InChI is InChI=1S/C41H54N6O7S/c1-8-46-36-14-13-28-23-32(36)33(38(46)31-11-9-15-42-37(31)26(2)53-7)24-41(3,4)25-54-40(50)34-12-10-16-47(43-34)39(49)35(44-55(51,52)18-17-45(5)6)21-27-19-29(28)22-30(48)20-27/h9,11,13-15,19-20,22-23,26,34-35,43-44,48H,8,10,12,16-18,21,24-25H2,1-7H3/t26-,34-,35?/m0/s1. The van der Waals surface area contributed by atoms with E-state index in [0.29, 0.717) is 31.4 Å². The number of phenolic OH excluding ortho intramolecular Hbond substituents is 1. The van der Waals surface area contributed by atoms with Gasteiger partial charge in [-0.3, -0.25) is 19.6 Å². The number of phenols is 1. The molecule has 1 saturated heterocycles. The number of pyridine rings is 1. The SMILES string of the molecule is CCn1c(-c2cccnc2[C@H](C)OC)c2c3cc(ccc31)-c1cc(O)cc(c1)CC(NS(=O)(=O)CCN(C)C)C(=O)N1CCC[C@H](N1)C(=O)OCC(C)(C)C2. The van der Waals surface area contributed by atoms with Gasteiger partial charge in [-0.05, 0) is 112 Å². The highest BCUT2D eigenvalue weighted by Crippen LogP contribution is 2.42. The fourth-order valence-electron chi connectivity index (χ4n) is 7.62. The van der Waals surface area contributed by atoms with E-state index in [1.807, 2.05) is 25.1 Å². The maximum atomic E-state index is 14.2. The molecule has 0 aliphatic carbocycles. The van der Waals surface area contributed by atoms with Gasteiger partial charge in [0.25, 0.3) is 5.91 Å². The highest BCUT2D eigenvalue weighted by atomic mass is 32.2. The Labute approximate surface area is 324 Å². The molecule has 1 fully saturated rings. The molecule has 1 amide bonds. The summed E-state index contributed by atoms with van der Waals surface area (Å²) in [5, 5.41) is 13.4. The van der Waals surface area contributed by atoms with Gasteiger partial charge < -0.3 is 24.0 Å². The Balaban J connectivity index is 1.54. The molecule has 3 N–H and O–H groups in total. The summed E-state index contributed by atoms with van der Waals surface area (Å²) < 4.78 is 43.4. The van der Waals surface area contributed by atoms with Crippen molar-refractivity contribution < 1.29 is 32.6 Å². The largest absolute Gasteiger partial charge is 0.508 e. The number of methoxy groups -OCH3 is 1. The molecular weight excluding hydrogens is 721 g/mol. The van der Waals surface area contributed by atoms with E-state index in [1.165, 1.54) is 5.01 Å². The van der Waals surface area contributed by atoms with Crippen LogP contribution in [0, 0.1) is 5.41 Å². The van der Waals surface area contributed by atoms with Crippen LogP contribution in [0.25, 0.3) is 33.3 Å². The molecule has 2 aliphatic rings. The van der Waals surface area contributed by atoms with E-state index >= 15 is 0 Å². The first-order valence-electron chi connectivity index (χ1n) is 18.9. The molecule has 0 spiro atoms. The molecule has 14 heteroatoms. The molecule has 296 valence electrons. The van der Waals surface area contributed by atoms with Gasteiger partial charge in [0, 0.05) is 54.8 Å². The molecule has 4 aromatic rings. The lowest BCUT2D eigenvalue weighted by molar-refractivity contribution is -0.155. The number of hydrazine groups is 1. The molecule has 4 heterocycles. The number of nitrogens with one attached hydrogen (secondary N) is 2. The first-order valence-corrected chi connectivity index (χ1v) is 20.6. The van der Waals surface area contributed by atoms with Gasteiger partial charge in [-0.1, -0.05) is 26.0 Å². The van der Waals surface area contributed by atoms with E-state index in [-0.39, 0.29) is 43.7 Å². The zero-order valence-electron chi connectivity index (χ0n) is 32.9. The molecule has 2 aliphatic heterocycles. The van der Waals surface area contributed by atoms with E-state index in [1.54, 1.807) is 44.4 Å². The molecule has 55 heavy (non-hydrogen) atoms. The maximum absolute atomic E-state index is 14.2. The monoisotopic (exact) mass is 774 g/mol. The van der Waals surface area contributed by atoms with E-state index in [0.717, 1.165) is 44.5 Å². The van der Waals surface area contributed by atoms with Crippen LogP contribution in [0.5, 0.6) is 5.75 Å². The highest BCUT2D eigenvalue weighted by molar-refractivity contribution is 7.89. The second kappa shape index (κ2) is 16.4. The van der Waals surface area contributed by atoms with Gasteiger partial charge in [-0.15, -0.1) is 0 Å².